The van der Waals surface area contributed by atoms with Gasteiger partial charge >= 0.3 is 0 Å². The summed E-state index contributed by atoms with van der Waals surface area (Å²) in [5.41, 5.74) is 0. The highest BCUT2D eigenvalue weighted by molar-refractivity contribution is 5.75. The van der Waals surface area contributed by atoms with Crippen LogP contribution in [0, 0.1) is 0 Å². The van der Waals surface area contributed by atoms with Crippen LogP contribution in [0.5, 0.6) is 0 Å². The molecule has 0 spiro atoms. The number of carbonyl (C=O) groups excluding carboxylic acids is 1. The van der Waals surface area contributed by atoms with Crippen molar-refractivity contribution >= 4 is 5.91 Å². The molecule has 0 saturated heterocycles. The average molecular weight is 255 g/mol. The molecule has 0 unspecified atom stereocenters. The molecule has 0 heterocycles. The number of nitrogens with one attached hydrogen (secondary N) is 1. The summed E-state index contributed by atoms with van der Waals surface area (Å²) in [4.78, 5) is 11.2. The van der Waals surface area contributed by atoms with Gasteiger partial charge in [-0.25, -0.2) is 0 Å². The van der Waals surface area contributed by atoms with E-state index in [9.17, 15) is 4.79 Å². The maximum Gasteiger partial charge on any atom is 0.220 e. The molecule has 0 rings (SSSR count). The zero-order valence-corrected chi connectivity index (χ0v) is 11.8. The summed E-state index contributed by atoms with van der Waals surface area (Å²) in [7, 11) is 0. The molecule has 2 N–H and O–H groups in total. The van der Waals surface area contributed by atoms with Crippen LogP contribution in [0.3, 0.4) is 0 Å². The van der Waals surface area contributed by atoms with Crippen molar-refractivity contribution in [1.82, 2.24) is 5.32 Å². The number of rotatable bonds is 12. The van der Waals surface area contributed by atoms with E-state index >= 15 is 0 Å². The number of allylic oxidation sites excluding steroid dienone is 2. The highest BCUT2D eigenvalue weighted by Crippen LogP contribution is 2.07. The molecule has 3 nitrogen and oxygen atoms in total. The van der Waals surface area contributed by atoms with E-state index in [1.54, 1.807) is 0 Å². The second-order valence-corrected chi connectivity index (χ2v) is 4.64. The van der Waals surface area contributed by atoms with Gasteiger partial charge in [0, 0.05) is 13.0 Å². The number of amides is 1. The standard InChI is InChI=1S/C15H29NO2/c1-2-3-4-5-6-7-8-9-10-11-12-15(18)16-13-14-17/h4-5,17H,2-3,6-14H2,1H3,(H,16,18)/b5-4-. The lowest BCUT2D eigenvalue weighted by molar-refractivity contribution is -0.121. The fourth-order valence-electron chi connectivity index (χ4n) is 1.76. The third-order valence-corrected chi connectivity index (χ3v) is 2.83. The molecule has 0 aromatic heterocycles. The lowest BCUT2D eigenvalue weighted by Gasteiger charge is -2.03. The van der Waals surface area contributed by atoms with Crippen molar-refractivity contribution in [3.63, 3.8) is 0 Å². The fourth-order valence-corrected chi connectivity index (χ4v) is 1.76. The molecule has 18 heavy (non-hydrogen) atoms. The SMILES string of the molecule is CCC/C=C\CCCCCCCC(=O)NCCO. The predicted molar refractivity (Wildman–Crippen MR) is 76.5 cm³/mol. The van der Waals surface area contributed by atoms with Crippen LogP contribution in [-0.2, 0) is 4.79 Å². The van der Waals surface area contributed by atoms with Crippen molar-refractivity contribution in [2.45, 2.75) is 64.7 Å². The van der Waals surface area contributed by atoms with E-state index in [4.69, 9.17) is 5.11 Å². The quantitative estimate of drug-likeness (QED) is 0.415. The van der Waals surface area contributed by atoms with Gasteiger partial charge < -0.3 is 10.4 Å². The third-order valence-electron chi connectivity index (χ3n) is 2.83. The van der Waals surface area contributed by atoms with Crippen LogP contribution in [0.1, 0.15) is 64.7 Å². The molecule has 0 aliphatic carbocycles. The van der Waals surface area contributed by atoms with Crippen molar-refractivity contribution in [3.05, 3.63) is 12.2 Å². The van der Waals surface area contributed by atoms with Gasteiger partial charge in [0.25, 0.3) is 0 Å². The topological polar surface area (TPSA) is 49.3 Å². The van der Waals surface area contributed by atoms with Crippen LogP contribution < -0.4 is 5.32 Å². The van der Waals surface area contributed by atoms with E-state index in [2.05, 4.69) is 24.4 Å². The minimum Gasteiger partial charge on any atom is -0.395 e. The van der Waals surface area contributed by atoms with Crippen LogP contribution in [0.4, 0.5) is 0 Å². The Morgan fingerprint density at radius 3 is 2.44 bits per heavy atom. The number of hydrogen-bond donors (Lipinski definition) is 2. The first-order chi connectivity index (χ1) is 8.81. The van der Waals surface area contributed by atoms with Gasteiger partial charge in [0.2, 0.25) is 5.91 Å². The molecule has 0 saturated carbocycles. The van der Waals surface area contributed by atoms with Crippen LogP contribution in [0.15, 0.2) is 12.2 Å². The number of carbonyl (C=O) groups is 1. The second kappa shape index (κ2) is 14.2. The predicted octanol–water partition coefficient (Wildman–Crippen LogP) is 3.18. The van der Waals surface area contributed by atoms with Gasteiger partial charge in [0.05, 0.1) is 6.61 Å². The molecule has 3 heteroatoms. The van der Waals surface area contributed by atoms with Gasteiger partial charge in [-0.15, -0.1) is 0 Å². The summed E-state index contributed by atoms with van der Waals surface area (Å²) in [5.74, 6) is 0.0616. The van der Waals surface area contributed by atoms with E-state index in [0.29, 0.717) is 13.0 Å². The minimum absolute atomic E-state index is 0.0251. The first-order valence-corrected chi connectivity index (χ1v) is 7.33. The molecule has 0 fully saturated rings. The Kier molecular flexibility index (Phi) is 13.6. The average Bonchev–Trinajstić information content (AvgIpc) is 2.38. The first kappa shape index (κ1) is 17.2. The summed E-state index contributed by atoms with van der Waals surface area (Å²) < 4.78 is 0. The van der Waals surface area contributed by atoms with Gasteiger partial charge in [-0.1, -0.05) is 44.8 Å². The minimum atomic E-state index is 0.0251. The summed E-state index contributed by atoms with van der Waals surface area (Å²) in [5, 5.41) is 11.2. The van der Waals surface area contributed by atoms with Crippen molar-refractivity contribution in [3.8, 4) is 0 Å². The number of unbranched alkanes of at least 4 members (excludes halogenated alkanes) is 6. The largest absolute Gasteiger partial charge is 0.395 e. The molecule has 0 aliphatic rings. The molecular weight excluding hydrogens is 226 g/mol. The zero-order valence-electron chi connectivity index (χ0n) is 11.8. The number of aliphatic hydroxyl groups is 1. The fraction of sp³-hybridized carbons (Fsp3) is 0.800. The van der Waals surface area contributed by atoms with Gasteiger partial charge in [0.1, 0.15) is 0 Å². The van der Waals surface area contributed by atoms with Crippen LogP contribution >= 0.6 is 0 Å². The lowest BCUT2D eigenvalue weighted by atomic mass is 10.1. The summed E-state index contributed by atoms with van der Waals surface area (Å²) in [6, 6.07) is 0. The van der Waals surface area contributed by atoms with E-state index < -0.39 is 0 Å². The normalized spacial score (nSPS) is 11.0. The van der Waals surface area contributed by atoms with Gasteiger partial charge in [-0.2, -0.15) is 0 Å². The molecule has 0 aliphatic heterocycles. The van der Waals surface area contributed by atoms with Crippen LogP contribution in [0.25, 0.3) is 0 Å². The lowest BCUT2D eigenvalue weighted by Crippen LogP contribution is -2.25. The number of aliphatic hydroxyl groups excluding tert-OH is 1. The highest BCUT2D eigenvalue weighted by atomic mass is 16.3. The summed E-state index contributed by atoms with van der Waals surface area (Å²) in [6.07, 6.45) is 14.6. The van der Waals surface area contributed by atoms with Crippen molar-refractivity contribution in [2.75, 3.05) is 13.2 Å². The molecule has 1 amide bonds. The van der Waals surface area contributed by atoms with E-state index in [1.807, 2.05) is 0 Å². The third kappa shape index (κ3) is 13.2. The summed E-state index contributed by atoms with van der Waals surface area (Å²) in [6.45, 7) is 2.60. The Labute approximate surface area is 112 Å². The van der Waals surface area contributed by atoms with Gasteiger partial charge in [0.15, 0.2) is 0 Å². The molecule has 0 aromatic carbocycles. The van der Waals surface area contributed by atoms with E-state index in [1.165, 1.54) is 38.5 Å². The molecular formula is C15H29NO2. The van der Waals surface area contributed by atoms with E-state index in [0.717, 1.165) is 12.8 Å². The summed E-state index contributed by atoms with van der Waals surface area (Å²) >= 11 is 0. The Bertz CT molecular complexity index is 215. The smallest absolute Gasteiger partial charge is 0.220 e. The van der Waals surface area contributed by atoms with Crippen LogP contribution in [-0.4, -0.2) is 24.2 Å². The molecule has 0 bridgehead atoms. The first-order valence-electron chi connectivity index (χ1n) is 7.33. The second-order valence-electron chi connectivity index (χ2n) is 4.64. The van der Waals surface area contributed by atoms with Crippen LogP contribution in [0.2, 0.25) is 0 Å². The molecule has 0 aromatic rings. The Balaban J connectivity index is 3.13. The zero-order chi connectivity index (χ0) is 13.5. The Hall–Kier alpha value is -0.830. The van der Waals surface area contributed by atoms with Crippen molar-refractivity contribution < 1.29 is 9.90 Å². The highest BCUT2D eigenvalue weighted by Gasteiger charge is 1.99. The molecule has 0 atom stereocenters. The van der Waals surface area contributed by atoms with Gasteiger partial charge in [-0.3, -0.25) is 4.79 Å². The monoisotopic (exact) mass is 255 g/mol. The van der Waals surface area contributed by atoms with E-state index in [-0.39, 0.29) is 12.5 Å². The maximum absolute atomic E-state index is 11.2. The van der Waals surface area contributed by atoms with Gasteiger partial charge in [-0.05, 0) is 25.7 Å². The molecule has 106 valence electrons. The van der Waals surface area contributed by atoms with Crippen molar-refractivity contribution in [1.29, 1.82) is 0 Å². The maximum atomic E-state index is 11.2. The Morgan fingerprint density at radius 1 is 1.06 bits per heavy atom. The molecule has 0 radical (unpaired) electrons. The number of hydrogen-bond acceptors (Lipinski definition) is 2. The van der Waals surface area contributed by atoms with Crippen molar-refractivity contribution in [2.24, 2.45) is 0 Å². The Morgan fingerprint density at radius 2 is 1.72 bits per heavy atom.